The fourth-order valence-corrected chi connectivity index (χ4v) is 5.45. The van der Waals surface area contributed by atoms with Crippen LogP contribution < -0.4 is 15.4 Å². The van der Waals surface area contributed by atoms with Crippen molar-refractivity contribution >= 4 is 29.0 Å². The lowest BCUT2D eigenvalue weighted by Crippen LogP contribution is -2.47. The van der Waals surface area contributed by atoms with Gasteiger partial charge in [-0.3, -0.25) is 4.79 Å². The Bertz CT molecular complexity index is 1590. The molecule has 11 heteroatoms. The van der Waals surface area contributed by atoms with Crippen molar-refractivity contribution in [3.63, 3.8) is 0 Å². The van der Waals surface area contributed by atoms with Crippen molar-refractivity contribution in [1.29, 1.82) is 0 Å². The molecule has 1 amide bonds. The molecule has 0 spiro atoms. The molecular formula is C31H38FN7O3. The Kier molecular flexibility index (Phi) is 8.46. The van der Waals surface area contributed by atoms with E-state index >= 15 is 0 Å². The van der Waals surface area contributed by atoms with Crippen molar-refractivity contribution in [2.45, 2.75) is 45.5 Å². The van der Waals surface area contributed by atoms with Gasteiger partial charge in [0.25, 0.3) is 5.56 Å². The summed E-state index contributed by atoms with van der Waals surface area (Å²) in [6, 6.07) is 16.1. The Labute approximate surface area is 245 Å². The molecule has 0 saturated carbocycles. The number of fused-ring (bicyclic) bond motifs is 1. The number of imidazole rings is 1. The number of rotatable bonds is 8. The number of piperidine rings is 1. The third-order valence-corrected chi connectivity index (χ3v) is 7.77. The van der Waals surface area contributed by atoms with Gasteiger partial charge < -0.3 is 24.0 Å². The van der Waals surface area contributed by atoms with Crippen LogP contribution in [0.4, 0.5) is 21.1 Å². The minimum absolute atomic E-state index is 0.106. The summed E-state index contributed by atoms with van der Waals surface area (Å²) < 4.78 is 23.0. The van der Waals surface area contributed by atoms with Crippen molar-refractivity contribution in [3.8, 4) is 0 Å². The molecule has 0 N–H and O–H groups in total. The molecule has 2 aromatic heterocycles. The normalized spacial score (nSPS) is 14.8. The molecule has 1 unspecified atom stereocenters. The number of aromatic nitrogens is 4. The molecular weight excluding hydrogens is 537 g/mol. The Morgan fingerprint density at radius 1 is 1.05 bits per heavy atom. The molecule has 1 fully saturated rings. The smallest absolute Gasteiger partial charge is 0.411 e. The van der Waals surface area contributed by atoms with Crippen LogP contribution >= 0.6 is 0 Å². The van der Waals surface area contributed by atoms with Gasteiger partial charge in [-0.1, -0.05) is 38.1 Å². The van der Waals surface area contributed by atoms with Crippen molar-refractivity contribution in [3.05, 3.63) is 82.5 Å². The van der Waals surface area contributed by atoms with Crippen LogP contribution in [0.5, 0.6) is 0 Å². The van der Waals surface area contributed by atoms with Crippen LogP contribution in [0.2, 0.25) is 0 Å². The fourth-order valence-electron chi connectivity index (χ4n) is 5.45. The average Bonchev–Trinajstić information content (AvgIpc) is 3.34. The molecule has 3 heterocycles. The minimum Gasteiger partial charge on any atom is -0.424 e. The van der Waals surface area contributed by atoms with Gasteiger partial charge in [-0.15, -0.1) is 0 Å². The number of nitrogens with zero attached hydrogens (tertiary/aromatic N) is 7. The topological polar surface area (TPSA) is 88.7 Å². The van der Waals surface area contributed by atoms with Crippen LogP contribution in [0.1, 0.15) is 38.5 Å². The number of carbonyl (C=O) groups excluding carboxylic acids is 1. The van der Waals surface area contributed by atoms with Crippen molar-refractivity contribution < 1.29 is 13.9 Å². The monoisotopic (exact) mass is 575 g/mol. The maximum atomic E-state index is 13.6. The SMILES string of the molecule is CC(C)C(OC(=O)N(C)C)n1c(N(C)C2CCN(c3nc4ccccc4n3Cc3ccc(F)cc3)CC2)nccc1=O. The van der Waals surface area contributed by atoms with E-state index in [0.717, 1.165) is 48.5 Å². The standard InChI is InChI=1S/C31H38FN7O3/c1-21(2)28(42-31(41)35(3)4)39-27(40)14-17-33-29(39)36(5)24-15-18-37(19-16-24)30-34-25-8-6-7-9-26(25)38(30)20-22-10-12-23(32)13-11-22/h6-14,17,21,24,28H,15-16,18-20H2,1-5H3. The second kappa shape index (κ2) is 12.2. The molecule has 0 radical (unpaired) electrons. The summed E-state index contributed by atoms with van der Waals surface area (Å²) in [6.07, 6.45) is 1.80. The van der Waals surface area contributed by atoms with Crippen molar-refractivity contribution in [2.24, 2.45) is 5.92 Å². The van der Waals surface area contributed by atoms with E-state index in [9.17, 15) is 14.0 Å². The molecule has 42 heavy (non-hydrogen) atoms. The summed E-state index contributed by atoms with van der Waals surface area (Å²) in [6.45, 7) is 5.91. The molecule has 1 saturated heterocycles. The average molecular weight is 576 g/mol. The summed E-state index contributed by atoms with van der Waals surface area (Å²) in [7, 11) is 5.16. The Morgan fingerprint density at radius 3 is 2.40 bits per heavy atom. The van der Waals surface area contributed by atoms with E-state index in [2.05, 4.69) is 20.5 Å². The first-order chi connectivity index (χ1) is 20.1. The van der Waals surface area contributed by atoms with Gasteiger partial charge in [-0.05, 0) is 42.7 Å². The highest BCUT2D eigenvalue weighted by Gasteiger charge is 2.31. The number of halogens is 1. The van der Waals surface area contributed by atoms with Crippen LogP contribution in [0.25, 0.3) is 11.0 Å². The quantitative estimate of drug-likeness (QED) is 0.300. The summed E-state index contributed by atoms with van der Waals surface area (Å²) in [4.78, 5) is 40.8. The molecule has 2 aromatic carbocycles. The summed E-state index contributed by atoms with van der Waals surface area (Å²) in [5, 5.41) is 0. The number of anilines is 2. The first-order valence-corrected chi connectivity index (χ1v) is 14.3. The van der Waals surface area contributed by atoms with Gasteiger partial charge in [-0.2, -0.15) is 0 Å². The lowest BCUT2D eigenvalue weighted by molar-refractivity contribution is 0.00705. The van der Waals surface area contributed by atoms with Gasteiger partial charge in [0, 0.05) is 58.5 Å². The van der Waals surface area contributed by atoms with Gasteiger partial charge in [0.2, 0.25) is 11.9 Å². The number of para-hydroxylation sites is 2. The molecule has 1 aliphatic heterocycles. The van der Waals surface area contributed by atoms with E-state index in [0.29, 0.717) is 12.5 Å². The van der Waals surface area contributed by atoms with E-state index in [-0.39, 0.29) is 23.3 Å². The predicted octanol–water partition coefficient (Wildman–Crippen LogP) is 4.74. The van der Waals surface area contributed by atoms with E-state index < -0.39 is 12.3 Å². The number of hydrogen-bond acceptors (Lipinski definition) is 7. The minimum atomic E-state index is -0.801. The second-order valence-corrected chi connectivity index (χ2v) is 11.3. The molecule has 222 valence electrons. The molecule has 4 aromatic rings. The van der Waals surface area contributed by atoms with Gasteiger partial charge in [-0.25, -0.2) is 23.7 Å². The number of carbonyl (C=O) groups is 1. The van der Waals surface area contributed by atoms with E-state index in [1.54, 1.807) is 14.1 Å². The highest BCUT2D eigenvalue weighted by atomic mass is 19.1. The second-order valence-electron chi connectivity index (χ2n) is 11.3. The van der Waals surface area contributed by atoms with Gasteiger partial charge in [0.1, 0.15) is 5.82 Å². The summed E-state index contributed by atoms with van der Waals surface area (Å²) in [5.74, 6) is 0.940. The third kappa shape index (κ3) is 5.95. The molecule has 1 atom stereocenters. The van der Waals surface area contributed by atoms with Crippen LogP contribution in [-0.4, -0.2) is 70.4 Å². The van der Waals surface area contributed by atoms with Crippen molar-refractivity contribution in [2.75, 3.05) is 44.0 Å². The number of hydrogen-bond donors (Lipinski definition) is 0. The molecule has 5 rings (SSSR count). The maximum absolute atomic E-state index is 13.6. The zero-order valence-corrected chi connectivity index (χ0v) is 24.8. The Hall–Kier alpha value is -4.41. The number of ether oxygens (including phenoxy) is 1. The van der Waals surface area contributed by atoms with Gasteiger partial charge in [0.05, 0.1) is 17.6 Å². The van der Waals surface area contributed by atoms with Crippen LogP contribution in [0, 0.1) is 11.7 Å². The van der Waals surface area contributed by atoms with Crippen LogP contribution in [0.3, 0.4) is 0 Å². The van der Waals surface area contributed by atoms with E-state index in [4.69, 9.17) is 9.72 Å². The third-order valence-electron chi connectivity index (χ3n) is 7.77. The highest BCUT2D eigenvalue weighted by molar-refractivity contribution is 5.79. The predicted molar refractivity (Wildman–Crippen MR) is 161 cm³/mol. The van der Waals surface area contributed by atoms with Gasteiger partial charge in [0.15, 0.2) is 6.23 Å². The zero-order valence-electron chi connectivity index (χ0n) is 24.8. The largest absolute Gasteiger partial charge is 0.424 e. The summed E-state index contributed by atoms with van der Waals surface area (Å²) in [5.41, 5.74) is 2.67. The lowest BCUT2D eigenvalue weighted by Gasteiger charge is -2.39. The Balaban J connectivity index is 1.38. The van der Waals surface area contributed by atoms with E-state index in [1.165, 1.54) is 33.9 Å². The molecule has 0 aliphatic carbocycles. The molecule has 1 aliphatic rings. The lowest BCUT2D eigenvalue weighted by atomic mass is 10.0. The number of amides is 1. The first-order valence-electron chi connectivity index (χ1n) is 14.3. The Morgan fingerprint density at radius 2 is 1.74 bits per heavy atom. The van der Waals surface area contributed by atoms with E-state index in [1.807, 2.05) is 56.1 Å². The molecule has 0 bridgehead atoms. The van der Waals surface area contributed by atoms with Crippen molar-refractivity contribution in [1.82, 2.24) is 24.0 Å². The van der Waals surface area contributed by atoms with Gasteiger partial charge >= 0.3 is 6.09 Å². The zero-order chi connectivity index (χ0) is 30.0. The highest BCUT2D eigenvalue weighted by Crippen LogP contribution is 2.30. The maximum Gasteiger partial charge on any atom is 0.411 e. The number of benzene rings is 2. The first kappa shape index (κ1) is 29.1. The fraction of sp³-hybridized carbons (Fsp3) is 0.419. The van der Waals surface area contributed by atoms with Crippen LogP contribution in [-0.2, 0) is 11.3 Å². The van der Waals surface area contributed by atoms with Crippen LogP contribution in [0.15, 0.2) is 65.6 Å². The molecule has 10 nitrogen and oxygen atoms in total. The summed E-state index contributed by atoms with van der Waals surface area (Å²) >= 11 is 0.